The molecule has 3 N–H and O–H groups in total. The highest BCUT2D eigenvalue weighted by Crippen LogP contribution is 2.34. The van der Waals surface area contributed by atoms with Crippen LogP contribution in [0.1, 0.15) is 49.3 Å². The molecule has 4 aliphatic heterocycles. The molecule has 2 fully saturated rings. The lowest BCUT2D eigenvalue weighted by Crippen LogP contribution is -2.47. The summed E-state index contributed by atoms with van der Waals surface area (Å²) in [6, 6.07) is 5.28. The smallest absolute Gasteiger partial charge is 0.320 e. The Morgan fingerprint density at radius 2 is 2.15 bits per heavy atom. The Balaban J connectivity index is 1.20. The van der Waals surface area contributed by atoms with E-state index in [0.717, 1.165) is 49.1 Å². The summed E-state index contributed by atoms with van der Waals surface area (Å²) in [7, 11) is 0. The van der Waals surface area contributed by atoms with Crippen LogP contribution in [-0.4, -0.2) is 65.9 Å². The Bertz CT molecular complexity index is 989. The number of aliphatic carboxylic acids is 1. The zero-order valence-corrected chi connectivity index (χ0v) is 18.9. The molecule has 4 heterocycles. The number of hydrogen-bond donors (Lipinski definition) is 3. The average Bonchev–Trinajstić information content (AvgIpc) is 3.43. The summed E-state index contributed by atoms with van der Waals surface area (Å²) in [6.07, 6.45) is 9.46. The third kappa shape index (κ3) is 4.71. The first-order valence-electron chi connectivity index (χ1n) is 12.0. The normalized spacial score (nSPS) is 22.7. The first-order chi connectivity index (χ1) is 16.1. The van der Waals surface area contributed by atoms with E-state index in [2.05, 4.69) is 22.8 Å². The second-order valence-corrected chi connectivity index (χ2v) is 9.21. The van der Waals surface area contributed by atoms with Crippen molar-refractivity contribution in [2.75, 3.05) is 32.8 Å². The van der Waals surface area contributed by atoms with Gasteiger partial charge in [-0.15, -0.1) is 0 Å². The van der Waals surface area contributed by atoms with E-state index in [-0.39, 0.29) is 18.6 Å². The molecule has 0 aliphatic carbocycles. The Hall–Kier alpha value is -3.00. The molecule has 4 aliphatic rings. The SMILES string of the molecule is O=C(O)C[C@@H](c1ccc2c(c1)OCC2)N1CCN(CCCC2=CC=C3CCCNC3N2)C1=O. The molecule has 0 radical (unpaired) electrons. The Labute approximate surface area is 194 Å². The summed E-state index contributed by atoms with van der Waals surface area (Å²) < 4.78 is 5.67. The molecule has 8 nitrogen and oxygen atoms in total. The molecule has 2 saturated heterocycles. The van der Waals surface area contributed by atoms with Crippen molar-refractivity contribution in [2.45, 2.75) is 50.7 Å². The molecule has 1 aromatic rings. The average molecular weight is 453 g/mol. The maximum Gasteiger partial charge on any atom is 0.320 e. The van der Waals surface area contributed by atoms with Gasteiger partial charge in [0.25, 0.3) is 0 Å². The minimum absolute atomic E-state index is 0.0793. The Kier molecular flexibility index (Phi) is 6.26. The molecule has 1 unspecified atom stereocenters. The number of amides is 2. The van der Waals surface area contributed by atoms with Crippen molar-refractivity contribution >= 4 is 12.0 Å². The number of nitrogens with zero attached hydrogens (tertiary/aromatic N) is 2. The highest BCUT2D eigenvalue weighted by Gasteiger charge is 2.36. The van der Waals surface area contributed by atoms with Gasteiger partial charge in [0.05, 0.1) is 25.2 Å². The number of urea groups is 1. The van der Waals surface area contributed by atoms with Crippen molar-refractivity contribution < 1.29 is 19.4 Å². The van der Waals surface area contributed by atoms with Gasteiger partial charge in [-0.3, -0.25) is 10.1 Å². The van der Waals surface area contributed by atoms with Crippen LogP contribution in [-0.2, 0) is 11.2 Å². The quantitative estimate of drug-likeness (QED) is 0.562. The number of fused-ring (bicyclic) bond motifs is 2. The van der Waals surface area contributed by atoms with Crippen LogP contribution in [0.25, 0.3) is 0 Å². The zero-order valence-electron chi connectivity index (χ0n) is 18.9. The van der Waals surface area contributed by atoms with Crippen LogP contribution in [0.15, 0.2) is 41.6 Å². The molecule has 0 saturated carbocycles. The summed E-state index contributed by atoms with van der Waals surface area (Å²) in [6.45, 7) is 3.51. The van der Waals surface area contributed by atoms with Crippen molar-refractivity contribution in [2.24, 2.45) is 0 Å². The summed E-state index contributed by atoms with van der Waals surface area (Å²) in [4.78, 5) is 28.3. The lowest BCUT2D eigenvalue weighted by molar-refractivity contribution is -0.138. The third-order valence-corrected chi connectivity index (χ3v) is 7.04. The molecule has 8 heteroatoms. The number of carbonyl (C=O) groups excluding carboxylic acids is 1. The summed E-state index contributed by atoms with van der Waals surface area (Å²) in [5.74, 6) is -0.101. The van der Waals surface area contributed by atoms with E-state index < -0.39 is 12.0 Å². The maximum absolute atomic E-state index is 13.2. The van der Waals surface area contributed by atoms with Crippen LogP contribution >= 0.6 is 0 Å². The van der Waals surface area contributed by atoms with Crippen molar-refractivity contribution in [1.82, 2.24) is 20.4 Å². The number of benzene rings is 1. The van der Waals surface area contributed by atoms with Gasteiger partial charge in [0.2, 0.25) is 0 Å². The fourth-order valence-corrected chi connectivity index (χ4v) is 5.26. The van der Waals surface area contributed by atoms with Crippen LogP contribution < -0.4 is 15.4 Å². The number of dihydropyridines is 1. The van der Waals surface area contributed by atoms with E-state index in [4.69, 9.17) is 4.74 Å². The van der Waals surface area contributed by atoms with Crippen molar-refractivity contribution in [3.05, 3.63) is 52.7 Å². The van der Waals surface area contributed by atoms with Gasteiger partial charge in [-0.2, -0.15) is 0 Å². The Morgan fingerprint density at radius 1 is 1.24 bits per heavy atom. The van der Waals surface area contributed by atoms with E-state index in [0.29, 0.717) is 26.2 Å². The fourth-order valence-electron chi connectivity index (χ4n) is 5.26. The van der Waals surface area contributed by atoms with Crippen LogP contribution in [0.5, 0.6) is 5.75 Å². The maximum atomic E-state index is 13.2. The topological polar surface area (TPSA) is 94.1 Å². The highest BCUT2D eigenvalue weighted by atomic mass is 16.5. The van der Waals surface area contributed by atoms with Gasteiger partial charge in [0, 0.05) is 31.8 Å². The minimum Gasteiger partial charge on any atom is -0.493 e. The van der Waals surface area contributed by atoms with Gasteiger partial charge in [0.15, 0.2) is 0 Å². The molecule has 2 amide bonds. The number of nitrogens with one attached hydrogen (secondary N) is 2. The summed E-state index contributed by atoms with van der Waals surface area (Å²) in [5, 5.41) is 16.6. The van der Waals surface area contributed by atoms with Crippen LogP contribution in [0.2, 0.25) is 0 Å². The van der Waals surface area contributed by atoms with Gasteiger partial charge >= 0.3 is 12.0 Å². The molecular weight excluding hydrogens is 420 g/mol. The van der Waals surface area contributed by atoms with Crippen molar-refractivity contribution in [1.29, 1.82) is 0 Å². The molecule has 0 spiro atoms. The second kappa shape index (κ2) is 9.47. The lowest BCUT2D eigenvalue weighted by Gasteiger charge is -2.32. The molecule has 176 valence electrons. The number of allylic oxidation sites excluding steroid dienone is 3. The molecule has 2 atom stereocenters. The van der Waals surface area contributed by atoms with E-state index in [1.54, 1.807) is 4.90 Å². The number of carbonyl (C=O) groups is 2. The number of rotatable bonds is 8. The van der Waals surface area contributed by atoms with Crippen molar-refractivity contribution in [3.8, 4) is 5.75 Å². The zero-order chi connectivity index (χ0) is 22.8. The van der Waals surface area contributed by atoms with Crippen LogP contribution in [0, 0.1) is 0 Å². The molecular formula is C25H32N4O4. The largest absolute Gasteiger partial charge is 0.493 e. The standard InChI is InChI=1S/C25H32N4O4/c30-23(31)16-21(19-6-5-17-9-14-33-22(17)15-19)29-13-12-28(25(29)32)11-2-4-20-8-7-18-3-1-10-26-24(18)27-20/h5-8,15,21,24,26-27H,1-4,9-14,16H2,(H,30,31)/t21-,24?/m0/s1. The lowest BCUT2D eigenvalue weighted by atomic mass is 9.99. The van der Waals surface area contributed by atoms with Gasteiger partial charge in [-0.25, -0.2) is 4.79 Å². The monoisotopic (exact) mass is 452 g/mol. The number of ether oxygens (including phenoxy) is 1. The van der Waals surface area contributed by atoms with Gasteiger partial charge in [-0.05, 0) is 61.1 Å². The first-order valence-corrected chi connectivity index (χ1v) is 12.0. The molecule has 5 rings (SSSR count). The van der Waals surface area contributed by atoms with E-state index in [1.807, 2.05) is 23.1 Å². The third-order valence-electron chi connectivity index (χ3n) is 7.04. The van der Waals surface area contributed by atoms with E-state index >= 15 is 0 Å². The second-order valence-electron chi connectivity index (χ2n) is 9.21. The predicted molar refractivity (Wildman–Crippen MR) is 124 cm³/mol. The predicted octanol–water partition coefficient (Wildman–Crippen LogP) is 2.78. The van der Waals surface area contributed by atoms with Crippen LogP contribution in [0.4, 0.5) is 4.79 Å². The van der Waals surface area contributed by atoms with Gasteiger partial charge in [-0.1, -0.05) is 18.2 Å². The van der Waals surface area contributed by atoms with E-state index in [1.165, 1.54) is 17.7 Å². The molecule has 0 bridgehead atoms. The van der Waals surface area contributed by atoms with Crippen molar-refractivity contribution in [3.63, 3.8) is 0 Å². The molecule has 0 aromatic heterocycles. The number of hydrogen-bond acceptors (Lipinski definition) is 5. The molecule has 1 aromatic carbocycles. The van der Waals surface area contributed by atoms with E-state index in [9.17, 15) is 14.7 Å². The number of carboxylic acids is 1. The highest BCUT2D eigenvalue weighted by molar-refractivity contribution is 5.78. The fraction of sp³-hybridized carbons (Fsp3) is 0.520. The van der Waals surface area contributed by atoms with Crippen LogP contribution in [0.3, 0.4) is 0 Å². The summed E-state index contributed by atoms with van der Waals surface area (Å²) >= 11 is 0. The summed E-state index contributed by atoms with van der Waals surface area (Å²) in [5.41, 5.74) is 4.57. The number of piperidine rings is 1. The Morgan fingerprint density at radius 3 is 3.03 bits per heavy atom. The number of carboxylic acid groups (broad SMARTS) is 1. The minimum atomic E-state index is -0.910. The first kappa shape index (κ1) is 21.8. The molecule has 33 heavy (non-hydrogen) atoms. The van der Waals surface area contributed by atoms with Gasteiger partial charge < -0.3 is 25.0 Å². The van der Waals surface area contributed by atoms with Gasteiger partial charge in [0.1, 0.15) is 5.75 Å².